The van der Waals surface area contributed by atoms with Crippen LogP contribution in [0.15, 0.2) is 60.7 Å². The molecule has 0 saturated heterocycles. The van der Waals surface area contributed by atoms with E-state index < -0.39 is 0 Å². The van der Waals surface area contributed by atoms with Crippen molar-refractivity contribution in [3.8, 4) is 0 Å². The van der Waals surface area contributed by atoms with Crippen molar-refractivity contribution in [2.24, 2.45) is 0 Å². The summed E-state index contributed by atoms with van der Waals surface area (Å²) < 4.78 is 11.4. The van der Waals surface area contributed by atoms with Gasteiger partial charge in [-0.3, -0.25) is 0 Å². The Morgan fingerprint density at radius 3 is 1.50 bits per heavy atom. The summed E-state index contributed by atoms with van der Waals surface area (Å²) in [7, 11) is 2.90. The molecule has 118 valence electrons. The van der Waals surface area contributed by atoms with Crippen LogP contribution in [0, 0.1) is 0 Å². The maximum atomic E-state index is 5.71. The van der Waals surface area contributed by atoms with Crippen molar-refractivity contribution in [1.82, 2.24) is 0 Å². The summed E-state index contributed by atoms with van der Waals surface area (Å²) in [5, 5.41) is 0. The Kier molecular flexibility index (Phi) is 8.19. The molecule has 0 spiro atoms. The van der Waals surface area contributed by atoms with E-state index >= 15 is 0 Å². The Hall–Kier alpha value is -1.21. The van der Waals surface area contributed by atoms with E-state index in [2.05, 4.69) is 33.5 Å². The second-order valence-corrected chi connectivity index (χ2v) is 6.36. The first kappa shape index (κ1) is 17.1. The maximum absolute atomic E-state index is 5.71. The highest BCUT2D eigenvalue weighted by Crippen LogP contribution is 2.12. The molecule has 2 nitrogen and oxygen atoms in total. The van der Waals surface area contributed by atoms with E-state index in [0.717, 1.165) is 26.1 Å². The predicted octanol–water partition coefficient (Wildman–Crippen LogP) is 4.44. The van der Waals surface area contributed by atoms with Gasteiger partial charge in [-0.15, -0.1) is 9.24 Å². The normalized spacial score (nSPS) is 11.0. The minimum Gasteiger partial charge on any atom is -0.377 e. The Morgan fingerprint density at radius 2 is 1.09 bits per heavy atom. The first-order chi connectivity index (χ1) is 10.8. The van der Waals surface area contributed by atoms with Gasteiger partial charge in [0.15, 0.2) is 0 Å². The van der Waals surface area contributed by atoms with Crippen molar-refractivity contribution < 1.29 is 9.47 Å². The monoisotopic (exact) mass is 316 g/mol. The van der Waals surface area contributed by atoms with Crippen molar-refractivity contribution in [2.45, 2.75) is 31.7 Å². The number of rotatable bonds is 10. The van der Waals surface area contributed by atoms with Crippen LogP contribution in [-0.4, -0.2) is 18.9 Å². The van der Waals surface area contributed by atoms with Gasteiger partial charge in [-0.2, -0.15) is 0 Å². The number of hydrogen-bond donors (Lipinski definition) is 0. The molecule has 2 aromatic carbocycles. The van der Waals surface area contributed by atoms with E-state index in [1.807, 2.05) is 36.4 Å². The molecule has 0 aliphatic heterocycles. The van der Waals surface area contributed by atoms with Gasteiger partial charge in [0.05, 0.1) is 13.2 Å². The fourth-order valence-corrected chi connectivity index (χ4v) is 2.41. The smallest absolute Gasteiger partial charge is 0.0716 e. The van der Waals surface area contributed by atoms with Crippen molar-refractivity contribution in [3.63, 3.8) is 0 Å². The molecule has 0 heterocycles. The first-order valence-corrected chi connectivity index (χ1v) is 8.50. The molecule has 0 fully saturated rings. The highest BCUT2D eigenvalue weighted by atomic mass is 31.0. The maximum Gasteiger partial charge on any atom is 0.0716 e. The molecule has 0 aromatic heterocycles. The van der Waals surface area contributed by atoms with Gasteiger partial charge < -0.3 is 9.47 Å². The van der Waals surface area contributed by atoms with Crippen molar-refractivity contribution >= 4 is 9.24 Å². The summed E-state index contributed by atoms with van der Waals surface area (Å²) in [6.45, 7) is 2.98. The largest absolute Gasteiger partial charge is 0.377 e. The first-order valence-electron chi connectivity index (χ1n) is 7.83. The second-order valence-electron chi connectivity index (χ2n) is 5.41. The quantitative estimate of drug-likeness (QED) is 0.476. The lowest BCUT2D eigenvalue weighted by atomic mass is 10.2. The zero-order chi connectivity index (χ0) is 15.5. The molecule has 0 bridgehead atoms. The van der Waals surface area contributed by atoms with E-state index in [1.54, 1.807) is 0 Å². The summed E-state index contributed by atoms with van der Waals surface area (Å²) in [5.74, 6) is 0. The van der Waals surface area contributed by atoms with E-state index in [0.29, 0.717) is 18.9 Å². The van der Waals surface area contributed by atoms with Crippen LogP contribution in [0.4, 0.5) is 0 Å². The number of hydrogen-bond acceptors (Lipinski definition) is 2. The highest BCUT2D eigenvalue weighted by Gasteiger charge is 2.03. The summed E-state index contributed by atoms with van der Waals surface area (Å²) >= 11 is 0. The summed E-state index contributed by atoms with van der Waals surface area (Å²) in [6.07, 6.45) is 2.10. The molecule has 0 N–H and O–H groups in total. The van der Waals surface area contributed by atoms with Crippen molar-refractivity contribution in [3.05, 3.63) is 71.8 Å². The fraction of sp³-hybridized carbons (Fsp3) is 0.368. The van der Waals surface area contributed by atoms with Crippen LogP contribution in [0.3, 0.4) is 0 Å². The van der Waals surface area contributed by atoms with Crippen LogP contribution in [-0.2, 0) is 22.7 Å². The molecule has 22 heavy (non-hydrogen) atoms. The Bertz CT molecular complexity index is 454. The predicted molar refractivity (Wildman–Crippen MR) is 94.9 cm³/mol. The van der Waals surface area contributed by atoms with Gasteiger partial charge in [-0.1, -0.05) is 60.7 Å². The van der Waals surface area contributed by atoms with E-state index in [1.165, 1.54) is 11.1 Å². The summed E-state index contributed by atoms with van der Waals surface area (Å²) in [5.41, 5.74) is 3.01. The second kappa shape index (κ2) is 10.5. The van der Waals surface area contributed by atoms with E-state index in [-0.39, 0.29) is 0 Å². The molecular formula is C19H25O2P. The van der Waals surface area contributed by atoms with Gasteiger partial charge in [0.2, 0.25) is 0 Å². The molecule has 0 amide bonds. The SMILES string of the molecule is PC(CCOCc1ccccc1)CCOCc1ccccc1. The topological polar surface area (TPSA) is 18.5 Å². The van der Waals surface area contributed by atoms with Crippen molar-refractivity contribution in [1.29, 1.82) is 0 Å². The molecule has 0 aliphatic carbocycles. The summed E-state index contributed by atoms with van der Waals surface area (Å²) in [4.78, 5) is 0. The fourth-order valence-electron chi connectivity index (χ4n) is 2.14. The molecule has 0 saturated carbocycles. The zero-order valence-corrected chi connectivity index (χ0v) is 14.1. The van der Waals surface area contributed by atoms with Crippen molar-refractivity contribution in [2.75, 3.05) is 13.2 Å². The van der Waals surface area contributed by atoms with Crippen LogP contribution in [0.25, 0.3) is 0 Å². The molecule has 2 rings (SSSR count). The van der Waals surface area contributed by atoms with Crippen LogP contribution in [0.1, 0.15) is 24.0 Å². The molecule has 1 unspecified atom stereocenters. The lowest BCUT2D eigenvalue weighted by Crippen LogP contribution is -2.08. The average Bonchev–Trinajstić information content (AvgIpc) is 2.57. The lowest BCUT2D eigenvalue weighted by molar-refractivity contribution is 0.103. The molecule has 0 aliphatic rings. The Morgan fingerprint density at radius 1 is 0.682 bits per heavy atom. The number of benzene rings is 2. The average molecular weight is 316 g/mol. The van der Waals surface area contributed by atoms with Gasteiger partial charge in [-0.05, 0) is 29.6 Å². The zero-order valence-electron chi connectivity index (χ0n) is 13.0. The molecule has 1 atom stereocenters. The van der Waals surface area contributed by atoms with Gasteiger partial charge in [0.25, 0.3) is 0 Å². The number of ether oxygens (including phenoxy) is 2. The van der Waals surface area contributed by atoms with Crippen LogP contribution < -0.4 is 0 Å². The third-order valence-electron chi connectivity index (χ3n) is 3.49. The third kappa shape index (κ3) is 7.17. The molecular weight excluding hydrogens is 291 g/mol. The lowest BCUT2D eigenvalue weighted by Gasteiger charge is -2.12. The minimum absolute atomic E-state index is 0.548. The standard InChI is InChI=1S/C19H25O2P/c22-19(11-13-20-15-17-7-3-1-4-8-17)12-14-21-16-18-9-5-2-6-10-18/h1-10,19H,11-16,22H2. The Labute approximate surface area is 136 Å². The molecule has 3 heteroatoms. The van der Waals surface area contributed by atoms with Gasteiger partial charge in [0, 0.05) is 13.2 Å². The Balaban J connectivity index is 1.48. The molecule has 0 radical (unpaired) electrons. The molecule has 2 aromatic rings. The van der Waals surface area contributed by atoms with Crippen LogP contribution in [0.5, 0.6) is 0 Å². The van der Waals surface area contributed by atoms with Gasteiger partial charge in [-0.25, -0.2) is 0 Å². The summed E-state index contributed by atoms with van der Waals surface area (Å²) in [6, 6.07) is 20.6. The van der Waals surface area contributed by atoms with E-state index in [4.69, 9.17) is 9.47 Å². The van der Waals surface area contributed by atoms with Gasteiger partial charge in [0.1, 0.15) is 0 Å². The van der Waals surface area contributed by atoms with Gasteiger partial charge >= 0.3 is 0 Å². The van der Waals surface area contributed by atoms with Crippen LogP contribution in [0.2, 0.25) is 0 Å². The van der Waals surface area contributed by atoms with E-state index in [9.17, 15) is 0 Å². The third-order valence-corrected chi connectivity index (χ3v) is 4.16. The van der Waals surface area contributed by atoms with Crippen LogP contribution >= 0.6 is 9.24 Å². The minimum atomic E-state index is 0.548. The highest BCUT2D eigenvalue weighted by molar-refractivity contribution is 7.17.